The Morgan fingerprint density at radius 1 is 1.19 bits per heavy atom. The lowest BCUT2D eigenvalue weighted by Crippen LogP contribution is -2.16. The van der Waals surface area contributed by atoms with E-state index in [9.17, 15) is 5.26 Å². The molecule has 1 aromatic heterocycles. The first kappa shape index (κ1) is 24.5. The highest BCUT2D eigenvalue weighted by atomic mass is 35.5. The Labute approximate surface area is 219 Å². The third-order valence-corrected chi connectivity index (χ3v) is 6.33. The molecule has 1 fully saturated rings. The van der Waals surface area contributed by atoms with Crippen molar-refractivity contribution in [3.05, 3.63) is 76.9 Å². The van der Waals surface area contributed by atoms with E-state index < -0.39 is 0 Å². The molecule has 1 unspecified atom stereocenters. The summed E-state index contributed by atoms with van der Waals surface area (Å²) in [5.41, 5.74) is 10.0. The first-order chi connectivity index (χ1) is 18.0. The number of nitriles is 1. The molecule has 3 N–H and O–H groups in total. The molecule has 0 aliphatic carbocycles. The highest BCUT2D eigenvalue weighted by molar-refractivity contribution is 6.32. The van der Waals surface area contributed by atoms with E-state index in [1.807, 2.05) is 30.3 Å². The normalized spacial score (nSPS) is 14.8. The van der Waals surface area contributed by atoms with Gasteiger partial charge in [-0.15, -0.1) is 0 Å². The van der Waals surface area contributed by atoms with Crippen molar-refractivity contribution < 1.29 is 18.9 Å². The zero-order valence-electron chi connectivity index (χ0n) is 20.2. The van der Waals surface area contributed by atoms with Crippen molar-refractivity contribution in [2.24, 2.45) is 0 Å². The Balaban J connectivity index is 1.38. The molecule has 1 aliphatic heterocycles. The van der Waals surface area contributed by atoms with Crippen LogP contribution in [0.4, 0.5) is 17.1 Å². The van der Waals surface area contributed by atoms with E-state index >= 15 is 0 Å². The Morgan fingerprint density at radius 3 is 2.84 bits per heavy atom. The molecule has 3 aromatic carbocycles. The molecule has 4 aromatic rings. The number of nitrogen functional groups attached to an aromatic ring is 1. The summed E-state index contributed by atoms with van der Waals surface area (Å²) in [6, 6.07) is 18.8. The number of fused-ring (bicyclic) bond motifs is 1. The first-order valence-corrected chi connectivity index (χ1v) is 12.1. The summed E-state index contributed by atoms with van der Waals surface area (Å²) < 4.78 is 22.6. The quantitative estimate of drug-likeness (QED) is 0.281. The summed E-state index contributed by atoms with van der Waals surface area (Å²) in [5.74, 6) is 1.85. The van der Waals surface area contributed by atoms with Gasteiger partial charge in [-0.3, -0.25) is 4.98 Å². The molecule has 0 spiro atoms. The number of ether oxygens (including phenoxy) is 4. The SMILES string of the molecule is COc1cccc(COc2ccc(Nc3c(C#N)cnc4cc(OC5CCOC5)c(N)cc34)cc2Cl)c1. The van der Waals surface area contributed by atoms with Gasteiger partial charge >= 0.3 is 0 Å². The molecular weight excluding hydrogens is 492 g/mol. The zero-order chi connectivity index (χ0) is 25.8. The van der Waals surface area contributed by atoms with Crippen LogP contribution in [0, 0.1) is 11.3 Å². The number of nitrogens with zero attached hydrogens (tertiary/aromatic N) is 2. The van der Waals surface area contributed by atoms with Gasteiger partial charge in [0.15, 0.2) is 0 Å². The molecule has 1 atom stereocenters. The zero-order valence-corrected chi connectivity index (χ0v) is 20.9. The lowest BCUT2D eigenvalue weighted by molar-refractivity contribution is 0.142. The number of anilines is 3. The fourth-order valence-electron chi connectivity index (χ4n) is 4.11. The average molecular weight is 517 g/mol. The minimum absolute atomic E-state index is 0.0393. The number of pyridine rings is 1. The second-order valence-corrected chi connectivity index (χ2v) is 8.99. The van der Waals surface area contributed by atoms with Crippen LogP contribution >= 0.6 is 11.6 Å². The summed E-state index contributed by atoms with van der Waals surface area (Å²) in [5, 5.41) is 14.2. The van der Waals surface area contributed by atoms with Gasteiger partial charge in [0.2, 0.25) is 0 Å². The maximum atomic E-state index is 9.73. The Hall–Kier alpha value is -4.19. The van der Waals surface area contributed by atoms with Crippen LogP contribution in [0.2, 0.25) is 5.02 Å². The van der Waals surface area contributed by atoms with Crippen LogP contribution in [0.1, 0.15) is 17.5 Å². The van der Waals surface area contributed by atoms with E-state index in [0.717, 1.165) is 17.7 Å². The smallest absolute Gasteiger partial charge is 0.144 e. The van der Waals surface area contributed by atoms with Crippen LogP contribution in [0.3, 0.4) is 0 Å². The van der Waals surface area contributed by atoms with Crippen molar-refractivity contribution in [3.63, 3.8) is 0 Å². The number of halogens is 1. The number of nitrogens with two attached hydrogens (primary N) is 1. The maximum Gasteiger partial charge on any atom is 0.144 e. The number of methoxy groups -OCH3 is 1. The predicted molar refractivity (Wildman–Crippen MR) is 143 cm³/mol. The first-order valence-electron chi connectivity index (χ1n) is 11.7. The fourth-order valence-corrected chi connectivity index (χ4v) is 4.34. The van der Waals surface area contributed by atoms with Gasteiger partial charge in [0.25, 0.3) is 0 Å². The predicted octanol–water partition coefficient (Wildman–Crippen LogP) is 5.84. The number of aromatic nitrogens is 1. The van der Waals surface area contributed by atoms with Crippen LogP contribution in [-0.2, 0) is 11.3 Å². The molecule has 188 valence electrons. The second kappa shape index (κ2) is 10.8. The topological polar surface area (TPSA) is 112 Å². The molecule has 0 amide bonds. The number of benzene rings is 3. The van der Waals surface area contributed by atoms with Crippen LogP contribution in [-0.4, -0.2) is 31.4 Å². The number of hydrogen-bond acceptors (Lipinski definition) is 8. The third kappa shape index (κ3) is 5.48. The van der Waals surface area contributed by atoms with Crippen molar-refractivity contribution >= 4 is 39.6 Å². The van der Waals surface area contributed by atoms with E-state index in [0.29, 0.717) is 69.9 Å². The monoisotopic (exact) mass is 516 g/mol. The molecular formula is C28H25ClN4O4. The fraction of sp³-hybridized carbons (Fsp3) is 0.214. The molecule has 8 nitrogen and oxygen atoms in total. The summed E-state index contributed by atoms with van der Waals surface area (Å²) >= 11 is 6.53. The van der Waals surface area contributed by atoms with Gasteiger partial charge in [0, 0.05) is 29.8 Å². The lowest BCUT2D eigenvalue weighted by atomic mass is 10.1. The van der Waals surface area contributed by atoms with Crippen LogP contribution < -0.4 is 25.3 Å². The van der Waals surface area contributed by atoms with Gasteiger partial charge in [-0.2, -0.15) is 5.26 Å². The number of nitrogens with one attached hydrogen (secondary N) is 1. The average Bonchev–Trinajstić information content (AvgIpc) is 3.42. The van der Waals surface area contributed by atoms with E-state index in [1.165, 1.54) is 6.20 Å². The van der Waals surface area contributed by atoms with Crippen LogP contribution in [0.5, 0.6) is 17.2 Å². The van der Waals surface area contributed by atoms with Gasteiger partial charge in [-0.05, 0) is 42.0 Å². The van der Waals surface area contributed by atoms with Crippen molar-refractivity contribution in [3.8, 4) is 23.3 Å². The largest absolute Gasteiger partial charge is 0.497 e. The molecule has 1 aliphatic rings. The molecule has 0 bridgehead atoms. The summed E-state index contributed by atoms with van der Waals surface area (Å²) in [6.07, 6.45) is 2.30. The second-order valence-electron chi connectivity index (χ2n) is 8.58. The molecule has 0 radical (unpaired) electrons. The Kier molecular flexibility index (Phi) is 7.17. The molecule has 5 rings (SSSR count). The standard InChI is InChI=1S/C28H25ClN4O4/c1-34-20-4-2-3-17(9-20)15-36-26-6-5-19(10-23(26)29)33-28-18(13-30)14-32-25-12-27(24(31)11-22(25)28)37-21-7-8-35-16-21/h2-6,9-12,14,21H,7-8,15-16,31H2,1H3,(H,32,33). The molecule has 9 heteroatoms. The lowest BCUT2D eigenvalue weighted by Gasteiger charge is -2.17. The molecule has 1 saturated heterocycles. The number of rotatable bonds is 8. The minimum atomic E-state index is -0.0393. The van der Waals surface area contributed by atoms with E-state index in [2.05, 4.69) is 16.4 Å². The number of hydrogen-bond donors (Lipinski definition) is 2. The van der Waals surface area contributed by atoms with Crippen LogP contribution in [0.15, 0.2) is 60.8 Å². The molecule has 0 saturated carbocycles. The minimum Gasteiger partial charge on any atom is -0.497 e. The highest BCUT2D eigenvalue weighted by Gasteiger charge is 2.20. The summed E-state index contributed by atoms with van der Waals surface area (Å²) in [4.78, 5) is 4.44. The van der Waals surface area contributed by atoms with Gasteiger partial charge < -0.3 is 30.0 Å². The van der Waals surface area contributed by atoms with E-state index in [4.69, 9.17) is 36.3 Å². The summed E-state index contributed by atoms with van der Waals surface area (Å²) in [6.45, 7) is 1.54. The van der Waals surface area contributed by atoms with Crippen molar-refractivity contribution in [2.45, 2.75) is 19.1 Å². The van der Waals surface area contributed by atoms with Crippen molar-refractivity contribution in [1.82, 2.24) is 4.98 Å². The van der Waals surface area contributed by atoms with E-state index in [1.54, 1.807) is 31.4 Å². The Morgan fingerprint density at radius 2 is 2.08 bits per heavy atom. The highest BCUT2D eigenvalue weighted by Crippen LogP contribution is 2.37. The van der Waals surface area contributed by atoms with Crippen LogP contribution in [0.25, 0.3) is 10.9 Å². The molecule has 2 heterocycles. The van der Waals surface area contributed by atoms with E-state index in [-0.39, 0.29) is 6.10 Å². The van der Waals surface area contributed by atoms with Crippen molar-refractivity contribution in [2.75, 3.05) is 31.4 Å². The third-order valence-electron chi connectivity index (χ3n) is 6.03. The van der Waals surface area contributed by atoms with Crippen molar-refractivity contribution in [1.29, 1.82) is 5.26 Å². The van der Waals surface area contributed by atoms with Gasteiger partial charge in [-0.25, -0.2) is 0 Å². The maximum absolute atomic E-state index is 9.73. The Bertz CT molecular complexity index is 1480. The van der Waals surface area contributed by atoms with Gasteiger partial charge in [0.1, 0.15) is 36.0 Å². The van der Waals surface area contributed by atoms with Gasteiger partial charge in [-0.1, -0.05) is 23.7 Å². The van der Waals surface area contributed by atoms with Gasteiger partial charge in [0.05, 0.1) is 47.8 Å². The molecule has 37 heavy (non-hydrogen) atoms. The summed E-state index contributed by atoms with van der Waals surface area (Å²) in [7, 11) is 1.62.